The Morgan fingerprint density at radius 1 is 1.00 bits per heavy atom. The van der Waals surface area contributed by atoms with E-state index >= 15 is 0 Å². The number of epoxide rings is 1. The molecule has 0 amide bonds. The Hall–Kier alpha value is -0.460. The second-order valence-electron chi connectivity index (χ2n) is 13.6. The largest absolute Gasteiger partial charge is 0.393 e. The van der Waals surface area contributed by atoms with Crippen LogP contribution in [0.4, 0.5) is 0 Å². The first kappa shape index (κ1) is 25.2. The van der Waals surface area contributed by atoms with Crippen LogP contribution in [-0.4, -0.2) is 44.9 Å². The molecule has 0 aromatic heterocycles. The molecular formula is C29H49NO4. The number of aliphatic hydroxyl groups excluding tert-OH is 1. The van der Waals surface area contributed by atoms with Crippen molar-refractivity contribution in [2.45, 2.75) is 122 Å². The lowest BCUT2D eigenvalue weighted by Gasteiger charge is -2.65. The molecule has 5 aliphatic rings. The Bertz CT molecular complexity index is 818. The van der Waals surface area contributed by atoms with Gasteiger partial charge in [0.25, 0.3) is 0 Å². The van der Waals surface area contributed by atoms with Gasteiger partial charge in [0.05, 0.1) is 29.5 Å². The summed E-state index contributed by atoms with van der Waals surface area (Å²) in [5.41, 5.74) is 1.13. The lowest BCUT2D eigenvalue weighted by Crippen LogP contribution is -2.71. The third kappa shape index (κ3) is 3.29. The van der Waals surface area contributed by atoms with Gasteiger partial charge in [0.1, 0.15) is 0 Å². The second-order valence-corrected chi connectivity index (χ2v) is 13.6. The van der Waals surface area contributed by atoms with Crippen molar-refractivity contribution in [1.29, 1.82) is 0 Å². The van der Waals surface area contributed by atoms with E-state index in [1.165, 1.54) is 12.8 Å². The van der Waals surface area contributed by atoms with E-state index in [4.69, 9.17) is 4.74 Å². The van der Waals surface area contributed by atoms with E-state index in [2.05, 4.69) is 53.1 Å². The second kappa shape index (κ2) is 8.28. The smallest absolute Gasteiger partial charge is 0.0909 e. The maximum Gasteiger partial charge on any atom is 0.0909 e. The van der Waals surface area contributed by atoms with Crippen LogP contribution in [0.5, 0.6) is 0 Å². The monoisotopic (exact) mass is 475 g/mol. The molecule has 0 aromatic carbocycles. The van der Waals surface area contributed by atoms with Crippen LogP contribution < -0.4 is 5.48 Å². The fraction of sp³-hybridized carbons (Fsp3) is 0.931. The third-order valence-electron chi connectivity index (χ3n) is 12.4. The molecule has 0 spiro atoms. The lowest BCUT2D eigenvalue weighted by atomic mass is 9.42. The Kier molecular flexibility index (Phi) is 6.13. The van der Waals surface area contributed by atoms with Crippen molar-refractivity contribution in [3.05, 3.63) is 12.2 Å². The molecule has 0 aromatic rings. The molecule has 1 heterocycles. The van der Waals surface area contributed by atoms with Crippen LogP contribution in [-0.2, 0) is 4.74 Å². The Labute approximate surface area is 206 Å². The number of hydroxylamine groups is 1. The highest BCUT2D eigenvalue weighted by Gasteiger charge is 2.69. The van der Waals surface area contributed by atoms with Gasteiger partial charge in [-0.1, -0.05) is 60.1 Å². The highest BCUT2D eigenvalue weighted by atomic mass is 16.6. The molecule has 0 radical (unpaired) electrons. The molecule has 5 rings (SSSR count). The first-order valence-electron chi connectivity index (χ1n) is 14.1. The zero-order valence-electron chi connectivity index (χ0n) is 22.3. The molecule has 1 saturated heterocycles. The first-order valence-corrected chi connectivity index (χ1v) is 14.1. The molecule has 34 heavy (non-hydrogen) atoms. The summed E-state index contributed by atoms with van der Waals surface area (Å²) in [7, 11) is 0. The van der Waals surface area contributed by atoms with Gasteiger partial charge in [-0.2, -0.15) is 5.48 Å². The highest BCUT2D eigenvalue weighted by Crippen LogP contribution is 2.69. The van der Waals surface area contributed by atoms with E-state index in [0.29, 0.717) is 48.2 Å². The number of hydrogen-bond donors (Lipinski definition) is 4. The maximum absolute atomic E-state index is 11.7. The third-order valence-corrected chi connectivity index (χ3v) is 12.4. The molecular weight excluding hydrogens is 426 g/mol. The topological polar surface area (TPSA) is 85.2 Å². The predicted octanol–water partition coefficient (Wildman–Crippen LogP) is 5.08. The summed E-state index contributed by atoms with van der Waals surface area (Å²) in [6.07, 6.45) is 11.8. The quantitative estimate of drug-likeness (QED) is 0.244. The van der Waals surface area contributed by atoms with Gasteiger partial charge in [-0.05, 0) is 79.4 Å². The lowest BCUT2D eigenvalue weighted by molar-refractivity contribution is -0.195. The van der Waals surface area contributed by atoms with Gasteiger partial charge in [0.15, 0.2) is 0 Å². The van der Waals surface area contributed by atoms with E-state index in [1.54, 1.807) is 0 Å². The molecule has 4 aliphatic carbocycles. The molecule has 3 unspecified atom stereocenters. The van der Waals surface area contributed by atoms with Crippen molar-refractivity contribution in [2.75, 3.05) is 0 Å². The summed E-state index contributed by atoms with van der Waals surface area (Å²) in [5.74, 6) is 2.86. The minimum absolute atomic E-state index is 0.131. The highest BCUT2D eigenvalue weighted by molar-refractivity contribution is 5.32. The summed E-state index contributed by atoms with van der Waals surface area (Å²) >= 11 is 0. The molecule has 0 bridgehead atoms. The SMILES string of the molecule is CCC(C)[C@H](C)C1OC1[C@H](C)[C@H]1CC[C@@H]2[C@]1(C)CC[C@H]1[C@@]2(NO)C=C[C@@]2(O)C[C@@H](O)CC[C@]12C. The van der Waals surface area contributed by atoms with Crippen LogP contribution in [0.2, 0.25) is 0 Å². The maximum atomic E-state index is 11.7. The van der Waals surface area contributed by atoms with Gasteiger partial charge in [0.2, 0.25) is 0 Å². The minimum Gasteiger partial charge on any atom is -0.393 e. The number of aliphatic hydroxyl groups is 2. The normalized spacial score (nSPS) is 54.5. The first-order chi connectivity index (χ1) is 16.0. The van der Waals surface area contributed by atoms with Crippen molar-refractivity contribution < 1.29 is 20.2 Å². The molecule has 3 saturated carbocycles. The molecule has 194 valence electrons. The standard InChI is InChI=1S/C29H49NO4/c1-7-17(2)18(3)24-25(34-24)19(4)21-8-9-22-26(21,5)12-11-23-27(6)13-10-20(31)16-28(27,32)14-15-29(22,23)30-33/h14-15,17-25,30-33H,7-13,16H2,1-6H3/t17?,18-,19+,20-,21+,22+,23+,24?,25?,26+,27+,28+,29+/m0/s1. The summed E-state index contributed by atoms with van der Waals surface area (Å²) in [5, 5.41) is 32.8. The van der Waals surface area contributed by atoms with Gasteiger partial charge < -0.3 is 20.2 Å². The zero-order valence-corrected chi connectivity index (χ0v) is 22.3. The molecule has 13 atom stereocenters. The van der Waals surface area contributed by atoms with Gasteiger partial charge >= 0.3 is 0 Å². The number of rotatable bonds is 6. The van der Waals surface area contributed by atoms with E-state index in [9.17, 15) is 15.4 Å². The van der Waals surface area contributed by atoms with Crippen LogP contribution in [0.3, 0.4) is 0 Å². The van der Waals surface area contributed by atoms with E-state index in [0.717, 1.165) is 32.1 Å². The van der Waals surface area contributed by atoms with Gasteiger partial charge in [0, 0.05) is 11.8 Å². The molecule has 5 nitrogen and oxygen atoms in total. The summed E-state index contributed by atoms with van der Waals surface area (Å²) in [6, 6.07) is 0. The summed E-state index contributed by atoms with van der Waals surface area (Å²) in [4.78, 5) is 0. The Morgan fingerprint density at radius 2 is 1.74 bits per heavy atom. The number of ether oxygens (including phenoxy) is 1. The van der Waals surface area contributed by atoms with Crippen molar-refractivity contribution in [3.8, 4) is 0 Å². The molecule has 4 N–H and O–H groups in total. The van der Waals surface area contributed by atoms with Crippen LogP contribution in [0.25, 0.3) is 0 Å². The van der Waals surface area contributed by atoms with Crippen molar-refractivity contribution in [1.82, 2.24) is 5.48 Å². The van der Waals surface area contributed by atoms with Crippen molar-refractivity contribution >= 4 is 0 Å². The van der Waals surface area contributed by atoms with Crippen LogP contribution in [0.15, 0.2) is 12.2 Å². The predicted molar refractivity (Wildman–Crippen MR) is 133 cm³/mol. The van der Waals surface area contributed by atoms with Gasteiger partial charge in [-0.25, -0.2) is 0 Å². The molecule has 1 aliphatic heterocycles. The average molecular weight is 476 g/mol. The van der Waals surface area contributed by atoms with Crippen LogP contribution >= 0.6 is 0 Å². The van der Waals surface area contributed by atoms with Crippen LogP contribution in [0, 0.1) is 46.3 Å². The van der Waals surface area contributed by atoms with Crippen LogP contribution in [0.1, 0.15) is 92.9 Å². The Morgan fingerprint density at radius 3 is 2.41 bits per heavy atom. The van der Waals surface area contributed by atoms with Crippen molar-refractivity contribution in [2.24, 2.45) is 46.3 Å². The number of hydrogen-bond acceptors (Lipinski definition) is 5. The van der Waals surface area contributed by atoms with E-state index in [1.807, 2.05) is 6.08 Å². The molecule has 4 fully saturated rings. The number of nitrogens with one attached hydrogen (secondary N) is 1. The number of fused-ring (bicyclic) bond motifs is 5. The Balaban J connectivity index is 1.42. The summed E-state index contributed by atoms with van der Waals surface area (Å²) < 4.78 is 6.33. The minimum atomic E-state index is -1.00. The zero-order chi connectivity index (χ0) is 24.7. The van der Waals surface area contributed by atoms with Gasteiger partial charge in [-0.15, -0.1) is 0 Å². The fourth-order valence-corrected chi connectivity index (χ4v) is 9.77. The van der Waals surface area contributed by atoms with E-state index in [-0.39, 0.29) is 16.7 Å². The average Bonchev–Trinajstić information content (AvgIpc) is 3.53. The molecule has 5 heteroatoms. The summed E-state index contributed by atoms with van der Waals surface area (Å²) in [6.45, 7) is 14.1. The van der Waals surface area contributed by atoms with Crippen molar-refractivity contribution in [3.63, 3.8) is 0 Å². The van der Waals surface area contributed by atoms with Gasteiger partial charge in [-0.3, -0.25) is 0 Å². The van der Waals surface area contributed by atoms with E-state index < -0.39 is 17.2 Å². The fourth-order valence-electron chi connectivity index (χ4n) is 9.77.